The van der Waals surface area contributed by atoms with Crippen LogP contribution in [0.15, 0.2) is 79.0 Å². The highest BCUT2D eigenvalue weighted by atomic mass is 16.7. The molecule has 2 aromatic heterocycles. The SMILES string of the molecule is CC1(C)OB(c2ccc3ccc(-c4cccc(-c5ccccn5)c4)nc3c2)OC1(C)C. The van der Waals surface area contributed by atoms with Crippen LogP contribution in [0.25, 0.3) is 33.4 Å². The predicted molar refractivity (Wildman–Crippen MR) is 126 cm³/mol. The quantitative estimate of drug-likeness (QED) is 0.434. The zero-order valence-electron chi connectivity index (χ0n) is 18.3. The molecule has 0 atom stereocenters. The fourth-order valence-electron chi connectivity index (χ4n) is 3.79. The summed E-state index contributed by atoms with van der Waals surface area (Å²) in [6.07, 6.45) is 1.81. The molecule has 1 aliphatic heterocycles. The molecule has 0 aliphatic carbocycles. The van der Waals surface area contributed by atoms with Crippen molar-refractivity contribution >= 4 is 23.5 Å². The normalized spacial score (nSPS) is 17.2. The van der Waals surface area contributed by atoms with Gasteiger partial charge in [0.2, 0.25) is 0 Å². The maximum atomic E-state index is 6.22. The molecule has 0 unspecified atom stereocenters. The number of fused-ring (bicyclic) bond motifs is 1. The molecule has 0 amide bonds. The van der Waals surface area contributed by atoms with Crippen LogP contribution in [-0.2, 0) is 9.31 Å². The molecular weight excluding hydrogens is 383 g/mol. The van der Waals surface area contributed by atoms with E-state index in [4.69, 9.17) is 14.3 Å². The topological polar surface area (TPSA) is 44.2 Å². The molecular formula is C26H25BN2O2. The first-order chi connectivity index (χ1) is 14.8. The predicted octanol–water partition coefficient (Wildman–Crippen LogP) is 5.26. The van der Waals surface area contributed by atoms with Crippen LogP contribution in [-0.4, -0.2) is 28.3 Å². The van der Waals surface area contributed by atoms with Crippen molar-refractivity contribution in [2.75, 3.05) is 0 Å². The van der Waals surface area contributed by atoms with Crippen LogP contribution in [0.2, 0.25) is 0 Å². The molecule has 1 aliphatic rings. The second-order valence-electron chi connectivity index (χ2n) is 9.03. The van der Waals surface area contributed by atoms with E-state index >= 15 is 0 Å². The van der Waals surface area contributed by atoms with E-state index in [1.165, 1.54) is 0 Å². The van der Waals surface area contributed by atoms with Gasteiger partial charge in [-0.25, -0.2) is 4.98 Å². The second kappa shape index (κ2) is 7.29. The van der Waals surface area contributed by atoms with Crippen molar-refractivity contribution in [3.63, 3.8) is 0 Å². The van der Waals surface area contributed by atoms with E-state index in [1.807, 2.05) is 30.5 Å². The third-order valence-corrected chi connectivity index (χ3v) is 6.36. The van der Waals surface area contributed by atoms with Gasteiger partial charge < -0.3 is 9.31 Å². The van der Waals surface area contributed by atoms with Crippen LogP contribution in [0.3, 0.4) is 0 Å². The Labute approximate surface area is 183 Å². The lowest BCUT2D eigenvalue weighted by Gasteiger charge is -2.32. The van der Waals surface area contributed by atoms with Gasteiger partial charge in [0.05, 0.1) is 28.1 Å². The molecule has 5 heteroatoms. The fraction of sp³-hybridized carbons (Fsp3) is 0.231. The molecule has 1 saturated heterocycles. The van der Waals surface area contributed by atoms with Crippen molar-refractivity contribution in [3.05, 3.63) is 79.0 Å². The molecule has 5 rings (SSSR count). The van der Waals surface area contributed by atoms with Gasteiger partial charge in [-0.15, -0.1) is 0 Å². The molecule has 2 aromatic carbocycles. The lowest BCUT2D eigenvalue weighted by Crippen LogP contribution is -2.41. The van der Waals surface area contributed by atoms with E-state index in [0.717, 1.165) is 38.9 Å². The first-order valence-electron chi connectivity index (χ1n) is 10.6. The van der Waals surface area contributed by atoms with Crippen molar-refractivity contribution in [2.24, 2.45) is 0 Å². The summed E-state index contributed by atoms with van der Waals surface area (Å²) in [5, 5.41) is 1.09. The van der Waals surface area contributed by atoms with Gasteiger partial charge in [0.25, 0.3) is 0 Å². The number of hydrogen-bond acceptors (Lipinski definition) is 4. The van der Waals surface area contributed by atoms with Gasteiger partial charge in [0.1, 0.15) is 0 Å². The lowest BCUT2D eigenvalue weighted by molar-refractivity contribution is 0.00578. The Hall–Kier alpha value is -3.02. The van der Waals surface area contributed by atoms with E-state index < -0.39 is 7.12 Å². The third-order valence-electron chi connectivity index (χ3n) is 6.36. The number of pyridine rings is 2. The van der Waals surface area contributed by atoms with Gasteiger partial charge in [-0.1, -0.05) is 42.5 Å². The zero-order valence-corrected chi connectivity index (χ0v) is 18.3. The Morgan fingerprint density at radius 1 is 0.710 bits per heavy atom. The highest BCUT2D eigenvalue weighted by Crippen LogP contribution is 2.36. The summed E-state index contributed by atoms with van der Waals surface area (Å²) >= 11 is 0. The second-order valence-corrected chi connectivity index (χ2v) is 9.03. The van der Waals surface area contributed by atoms with Crippen LogP contribution in [0.4, 0.5) is 0 Å². The molecule has 154 valence electrons. The third kappa shape index (κ3) is 3.64. The molecule has 4 nitrogen and oxygen atoms in total. The van der Waals surface area contributed by atoms with E-state index in [1.54, 1.807) is 0 Å². The molecule has 0 bridgehead atoms. The van der Waals surface area contributed by atoms with Crippen molar-refractivity contribution in [3.8, 4) is 22.5 Å². The maximum Gasteiger partial charge on any atom is 0.494 e. The van der Waals surface area contributed by atoms with Gasteiger partial charge in [0.15, 0.2) is 0 Å². The highest BCUT2D eigenvalue weighted by molar-refractivity contribution is 6.62. The number of hydrogen-bond donors (Lipinski definition) is 0. The Balaban J connectivity index is 1.51. The molecule has 0 radical (unpaired) electrons. The molecule has 0 saturated carbocycles. The first-order valence-corrected chi connectivity index (χ1v) is 10.6. The van der Waals surface area contributed by atoms with E-state index in [0.29, 0.717) is 0 Å². The van der Waals surface area contributed by atoms with Crippen molar-refractivity contribution in [1.82, 2.24) is 9.97 Å². The number of rotatable bonds is 3. The largest absolute Gasteiger partial charge is 0.494 e. The Bertz CT molecular complexity index is 1240. The average Bonchev–Trinajstić information content (AvgIpc) is 3.00. The van der Waals surface area contributed by atoms with Gasteiger partial charge in [0, 0.05) is 22.7 Å². The smallest absolute Gasteiger partial charge is 0.399 e. The summed E-state index contributed by atoms with van der Waals surface area (Å²) in [6, 6.07) is 24.7. The number of aromatic nitrogens is 2. The fourth-order valence-corrected chi connectivity index (χ4v) is 3.79. The molecule has 4 aromatic rings. The molecule has 1 fully saturated rings. The van der Waals surface area contributed by atoms with Crippen molar-refractivity contribution in [1.29, 1.82) is 0 Å². The molecule has 0 N–H and O–H groups in total. The van der Waals surface area contributed by atoms with Gasteiger partial charge >= 0.3 is 7.12 Å². The van der Waals surface area contributed by atoms with Crippen LogP contribution >= 0.6 is 0 Å². The zero-order chi connectivity index (χ0) is 21.6. The summed E-state index contributed by atoms with van der Waals surface area (Å²) in [4.78, 5) is 9.42. The monoisotopic (exact) mass is 408 g/mol. The Morgan fingerprint density at radius 2 is 1.42 bits per heavy atom. The molecule has 31 heavy (non-hydrogen) atoms. The summed E-state index contributed by atoms with van der Waals surface area (Å²) in [5.74, 6) is 0. The van der Waals surface area contributed by atoms with Crippen LogP contribution in [0, 0.1) is 0 Å². The maximum absolute atomic E-state index is 6.22. The number of nitrogens with zero attached hydrogens (tertiary/aromatic N) is 2. The van der Waals surface area contributed by atoms with Crippen LogP contribution < -0.4 is 5.46 Å². The number of benzene rings is 2. The standard InChI is InChI=1S/C26H25BN2O2/c1-25(2)26(3,4)31-27(30-25)21-13-11-18-12-14-23(29-24(18)17-21)20-9-7-8-19(16-20)22-10-5-6-15-28-22/h5-17H,1-4H3. The summed E-state index contributed by atoms with van der Waals surface area (Å²) < 4.78 is 12.4. The Kier molecular flexibility index (Phi) is 4.69. The van der Waals surface area contributed by atoms with Crippen molar-refractivity contribution < 1.29 is 9.31 Å². The van der Waals surface area contributed by atoms with Gasteiger partial charge in [-0.05, 0) is 63.5 Å². The van der Waals surface area contributed by atoms with E-state index in [-0.39, 0.29) is 11.2 Å². The minimum absolute atomic E-state index is 0.367. The summed E-state index contributed by atoms with van der Waals surface area (Å²) in [5.41, 5.74) is 5.19. The minimum Gasteiger partial charge on any atom is -0.399 e. The van der Waals surface area contributed by atoms with Crippen LogP contribution in [0.1, 0.15) is 27.7 Å². The molecule has 3 heterocycles. The minimum atomic E-state index is -0.396. The van der Waals surface area contributed by atoms with Crippen LogP contribution in [0.5, 0.6) is 0 Å². The van der Waals surface area contributed by atoms with Crippen molar-refractivity contribution in [2.45, 2.75) is 38.9 Å². The average molecular weight is 408 g/mol. The summed E-state index contributed by atoms with van der Waals surface area (Å²) in [7, 11) is -0.396. The Morgan fingerprint density at radius 3 is 2.13 bits per heavy atom. The first kappa shape index (κ1) is 19.9. The van der Waals surface area contributed by atoms with Gasteiger partial charge in [-0.3, -0.25) is 4.98 Å². The summed E-state index contributed by atoms with van der Waals surface area (Å²) in [6.45, 7) is 8.27. The van der Waals surface area contributed by atoms with Gasteiger partial charge in [-0.2, -0.15) is 0 Å². The van der Waals surface area contributed by atoms with E-state index in [2.05, 4.69) is 81.2 Å². The lowest BCUT2D eigenvalue weighted by atomic mass is 9.78. The molecule has 0 spiro atoms. The highest BCUT2D eigenvalue weighted by Gasteiger charge is 2.51. The van der Waals surface area contributed by atoms with E-state index in [9.17, 15) is 0 Å².